The van der Waals surface area contributed by atoms with Crippen LogP contribution in [0.2, 0.25) is 0 Å². The number of fused-ring (bicyclic) bond motifs is 3. The van der Waals surface area contributed by atoms with E-state index in [2.05, 4.69) is 0 Å². The summed E-state index contributed by atoms with van der Waals surface area (Å²) in [7, 11) is 3.57. The van der Waals surface area contributed by atoms with Gasteiger partial charge in [0.1, 0.15) is 5.75 Å². The molecule has 1 N–H and O–H groups in total. The SMILES string of the molecule is COc1cc2sc(C(=O)CCC(=O)O)cc2c2ccn(C)c12. The molecule has 0 amide bonds. The third-order valence-corrected chi connectivity index (χ3v) is 4.80. The number of carbonyl (C=O) groups excluding carboxylic acids is 1. The number of hydrogen-bond acceptors (Lipinski definition) is 4. The van der Waals surface area contributed by atoms with Gasteiger partial charge >= 0.3 is 5.97 Å². The molecule has 0 radical (unpaired) electrons. The molecule has 0 aliphatic heterocycles. The maximum Gasteiger partial charge on any atom is 0.303 e. The molecule has 3 aromatic rings. The van der Waals surface area contributed by atoms with Gasteiger partial charge in [-0.25, -0.2) is 0 Å². The first-order valence-corrected chi connectivity index (χ1v) is 7.63. The van der Waals surface area contributed by atoms with E-state index in [1.165, 1.54) is 11.3 Å². The quantitative estimate of drug-likeness (QED) is 0.732. The van der Waals surface area contributed by atoms with Crippen molar-refractivity contribution in [1.29, 1.82) is 0 Å². The monoisotopic (exact) mass is 317 g/mol. The fraction of sp³-hybridized carbons (Fsp3) is 0.250. The van der Waals surface area contributed by atoms with Gasteiger partial charge in [-0.3, -0.25) is 9.59 Å². The number of nitrogens with zero attached hydrogens (tertiary/aromatic N) is 1. The van der Waals surface area contributed by atoms with Crippen LogP contribution in [0, 0.1) is 0 Å². The number of methoxy groups -OCH3 is 1. The summed E-state index contributed by atoms with van der Waals surface area (Å²) in [6.07, 6.45) is 1.84. The summed E-state index contributed by atoms with van der Waals surface area (Å²) >= 11 is 1.38. The highest BCUT2D eigenvalue weighted by Crippen LogP contribution is 2.38. The zero-order chi connectivity index (χ0) is 15.9. The van der Waals surface area contributed by atoms with Crippen molar-refractivity contribution in [3.63, 3.8) is 0 Å². The van der Waals surface area contributed by atoms with E-state index in [4.69, 9.17) is 9.84 Å². The van der Waals surface area contributed by atoms with Crippen molar-refractivity contribution in [2.45, 2.75) is 12.8 Å². The third kappa shape index (κ3) is 2.35. The van der Waals surface area contributed by atoms with Crippen LogP contribution in [0.15, 0.2) is 24.4 Å². The molecular weight excluding hydrogens is 302 g/mol. The van der Waals surface area contributed by atoms with E-state index in [1.807, 2.05) is 36.0 Å². The van der Waals surface area contributed by atoms with Crippen molar-refractivity contribution >= 4 is 44.1 Å². The van der Waals surface area contributed by atoms with Gasteiger partial charge in [0, 0.05) is 41.2 Å². The van der Waals surface area contributed by atoms with Gasteiger partial charge in [0.15, 0.2) is 5.78 Å². The molecular formula is C16H15NO4S. The number of benzene rings is 1. The predicted octanol–water partition coefficient (Wildman–Crippen LogP) is 3.45. The van der Waals surface area contributed by atoms with E-state index in [9.17, 15) is 9.59 Å². The Morgan fingerprint density at radius 3 is 2.73 bits per heavy atom. The van der Waals surface area contributed by atoms with Crippen molar-refractivity contribution < 1.29 is 19.4 Å². The third-order valence-electron chi connectivity index (χ3n) is 3.68. The smallest absolute Gasteiger partial charge is 0.303 e. The van der Waals surface area contributed by atoms with E-state index in [0.717, 1.165) is 26.7 Å². The number of thiophene rings is 1. The lowest BCUT2D eigenvalue weighted by Gasteiger charge is -2.05. The average Bonchev–Trinajstić information content (AvgIpc) is 3.07. The molecule has 0 atom stereocenters. The summed E-state index contributed by atoms with van der Waals surface area (Å²) in [6.45, 7) is 0. The predicted molar refractivity (Wildman–Crippen MR) is 86.1 cm³/mol. The molecule has 3 rings (SSSR count). The maximum absolute atomic E-state index is 12.1. The Hall–Kier alpha value is -2.34. The number of Topliss-reactive ketones (excluding diaryl/α,β-unsaturated/α-hetero) is 1. The summed E-state index contributed by atoms with van der Waals surface area (Å²) in [5, 5.41) is 10.7. The van der Waals surface area contributed by atoms with Crippen molar-refractivity contribution in [2.75, 3.05) is 7.11 Å². The molecule has 0 fully saturated rings. The molecule has 2 aromatic heterocycles. The van der Waals surface area contributed by atoms with Gasteiger partial charge in [0.25, 0.3) is 0 Å². The highest BCUT2D eigenvalue weighted by Gasteiger charge is 2.16. The lowest BCUT2D eigenvalue weighted by atomic mass is 10.1. The Morgan fingerprint density at radius 2 is 2.05 bits per heavy atom. The van der Waals surface area contributed by atoms with Gasteiger partial charge < -0.3 is 14.4 Å². The number of aryl methyl sites for hydroxylation is 1. The second-order valence-electron chi connectivity index (χ2n) is 5.11. The summed E-state index contributed by atoms with van der Waals surface area (Å²) in [6, 6.07) is 5.78. The lowest BCUT2D eigenvalue weighted by molar-refractivity contribution is -0.136. The van der Waals surface area contributed by atoms with E-state index in [-0.39, 0.29) is 18.6 Å². The topological polar surface area (TPSA) is 68.5 Å². The molecule has 114 valence electrons. The van der Waals surface area contributed by atoms with Crippen molar-refractivity contribution in [3.8, 4) is 5.75 Å². The van der Waals surface area contributed by atoms with Gasteiger partial charge in [0.2, 0.25) is 0 Å². The molecule has 0 spiro atoms. The number of carboxylic acid groups (broad SMARTS) is 1. The number of ketones is 1. The molecule has 0 bridgehead atoms. The standard InChI is InChI=1S/C16H15NO4S/c1-17-6-5-9-10-7-14(11(18)3-4-15(19)20)22-13(10)8-12(21-2)16(9)17/h5-8H,3-4H2,1-2H3,(H,19,20). The Labute approximate surface area is 130 Å². The molecule has 0 unspecified atom stereocenters. The van der Waals surface area contributed by atoms with Crippen LogP contribution >= 0.6 is 11.3 Å². The largest absolute Gasteiger partial charge is 0.494 e. The van der Waals surface area contributed by atoms with E-state index < -0.39 is 5.97 Å². The fourth-order valence-corrected chi connectivity index (χ4v) is 3.68. The fourth-order valence-electron chi connectivity index (χ4n) is 2.60. The van der Waals surface area contributed by atoms with E-state index in [0.29, 0.717) is 4.88 Å². The summed E-state index contributed by atoms with van der Waals surface area (Å²) in [4.78, 5) is 23.3. The second kappa shape index (κ2) is 5.46. The van der Waals surface area contributed by atoms with Crippen LogP contribution in [0.25, 0.3) is 21.0 Å². The average molecular weight is 317 g/mol. The second-order valence-corrected chi connectivity index (χ2v) is 6.19. The number of carbonyl (C=O) groups is 2. The van der Waals surface area contributed by atoms with Crippen molar-refractivity contribution in [1.82, 2.24) is 4.57 Å². The van der Waals surface area contributed by atoms with Crippen LogP contribution in [0.4, 0.5) is 0 Å². The first-order valence-electron chi connectivity index (χ1n) is 6.82. The van der Waals surface area contributed by atoms with Crippen LogP contribution in [0.3, 0.4) is 0 Å². The number of hydrogen-bond donors (Lipinski definition) is 1. The minimum Gasteiger partial charge on any atom is -0.494 e. The molecule has 0 aliphatic carbocycles. The molecule has 6 heteroatoms. The van der Waals surface area contributed by atoms with Gasteiger partial charge in [0.05, 0.1) is 23.9 Å². The number of aromatic nitrogens is 1. The Bertz CT molecular complexity index is 890. The number of carboxylic acids is 1. The van der Waals surface area contributed by atoms with Crippen molar-refractivity contribution in [3.05, 3.63) is 29.3 Å². The van der Waals surface area contributed by atoms with E-state index >= 15 is 0 Å². The zero-order valence-corrected chi connectivity index (χ0v) is 13.1. The van der Waals surface area contributed by atoms with Gasteiger partial charge in [-0.05, 0) is 12.1 Å². The minimum atomic E-state index is -0.957. The molecule has 22 heavy (non-hydrogen) atoms. The van der Waals surface area contributed by atoms with Crippen LogP contribution in [-0.2, 0) is 11.8 Å². The number of aliphatic carboxylic acids is 1. The number of ether oxygens (including phenoxy) is 1. The van der Waals surface area contributed by atoms with Crippen LogP contribution in [-0.4, -0.2) is 28.5 Å². The van der Waals surface area contributed by atoms with Gasteiger partial charge in [-0.1, -0.05) is 0 Å². The summed E-state index contributed by atoms with van der Waals surface area (Å²) in [5.74, 6) is -0.324. The maximum atomic E-state index is 12.1. The molecule has 0 aliphatic rings. The Morgan fingerprint density at radius 1 is 1.27 bits per heavy atom. The van der Waals surface area contributed by atoms with Crippen LogP contribution < -0.4 is 4.74 Å². The lowest BCUT2D eigenvalue weighted by Crippen LogP contribution is -2.01. The first-order chi connectivity index (χ1) is 10.5. The molecule has 2 heterocycles. The summed E-state index contributed by atoms with van der Waals surface area (Å²) in [5.41, 5.74) is 0.984. The highest BCUT2D eigenvalue weighted by atomic mass is 32.1. The Balaban J connectivity index is 2.11. The normalized spacial score (nSPS) is 11.2. The van der Waals surface area contributed by atoms with Crippen LogP contribution in [0.5, 0.6) is 5.75 Å². The molecule has 5 nitrogen and oxygen atoms in total. The van der Waals surface area contributed by atoms with Gasteiger partial charge in [-0.15, -0.1) is 11.3 Å². The summed E-state index contributed by atoms with van der Waals surface area (Å²) < 4.78 is 8.40. The molecule has 1 aromatic carbocycles. The number of rotatable bonds is 5. The minimum absolute atomic E-state index is 0.0250. The molecule has 0 saturated heterocycles. The van der Waals surface area contributed by atoms with Crippen LogP contribution in [0.1, 0.15) is 22.5 Å². The van der Waals surface area contributed by atoms with E-state index in [1.54, 1.807) is 7.11 Å². The van der Waals surface area contributed by atoms with Crippen molar-refractivity contribution in [2.24, 2.45) is 7.05 Å². The zero-order valence-electron chi connectivity index (χ0n) is 12.3. The first kappa shape index (κ1) is 14.6. The van der Waals surface area contributed by atoms with Gasteiger partial charge in [-0.2, -0.15) is 0 Å². The Kier molecular flexibility index (Phi) is 3.62. The highest BCUT2D eigenvalue weighted by molar-refractivity contribution is 7.21. The molecule has 0 saturated carbocycles.